The zero-order valence-electron chi connectivity index (χ0n) is 16.6. The van der Waals surface area contributed by atoms with Gasteiger partial charge in [0.15, 0.2) is 5.11 Å². The van der Waals surface area contributed by atoms with Gasteiger partial charge >= 0.3 is 0 Å². The molecule has 30 heavy (non-hydrogen) atoms. The fraction of sp³-hybridized carbons (Fsp3) is 0.238. The highest BCUT2D eigenvalue weighted by Crippen LogP contribution is 2.17. The molecule has 2 aromatic carbocycles. The maximum atomic E-state index is 12.3. The molecule has 0 fully saturated rings. The van der Waals surface area contributed by atoms with Gasteiger partial charge in [0.05, 0.1) is 12.2 Å². The molecule has 158 valence electrons. The third kappa shape index (κ3) is 7.88. The first-order chi connectivity index (χ1) is 14.5. The van der Waals surface area contributed by atoms with E-state index >= 15 is 0 Å². The molecule has 0 aromatic heterocycles. The van der Waals surface area contributed by atoms with Crippen molar-refractivity contribution in [2.75, 3.05) is 6.61 Å². The lowest BCUT2D eigenvalue weighted by Crippen LogP contribution is -2.48. The van der Waals surface area contributed by atoms with Gasteiger partial charge in [-0.2, -0.15) is 0 Å². The molecule has 0 aliphatic heterocycles. The molecule has 0 spiro atoms. The second kappa shape index (κ2) is 12.2. The summed E-state index contributed by atoms with van der Waals surface area (Å²) < 4.78 is 5.41. The minimum Gasteiger partial charge on any atom is -0.493 e. The Kier molecular flexibility index (Phi) is 9.26. The minimum absolute atomic E-state index is 0.0290. The van der Waals surface area contributed by atoms with Gasteiger partial charge in [-0.1, -0.05) is 42.5 Å². The lowest BCUT2D eigenvalue weighted by molar-refractivity contribution is -0.126. The number of carbonyl (C=O) groups is 3. The second-order valence-corrected chi connectivity index (χ2v) is 6.56. The van der Waals surface area contributed by atoms with Crippen LogP contribution in [0.25, 0.3) is 0 Å². The Balaban J connectivity index is 1.68. The summed E-state index contributed by atoms with van der Waals surface area (Å²) in [6, 6.07) is 16.2. The Morgan fingerprint density at radius 3 is 2.30 bits per heavy atom. The number of amides is 3. The van der Waals surface area contributed by atoms with E-state index in [2.05, 4.69) is 21.5 Å². The topological polar surface area (TPSA) is 109 Å². The number of hydrazine groups is 1. The normalized spacial score (nSPS) is 9.90. The van der Waals surface area contributed by atoms with E-state index in [1.54, 1.807) is 24.3 Å². The second-order valence-electron chi connectivity index (χ2n) is 6.15. The molecule has 8 nitrogen and oxygen atoms in total. The molecule has 9 heteroatoms. The maximum absolute atomic E-state index is 12.3. The van der Waals surface area contributed by atoms with Crippen molar-refractivity contribution in [1.29, 1.82) is 0 Å². The predicted molar refractivity (Wildman–Crippen MR) is 116 cm³/mol. The van der Waals surface area contributed by atoms with Crippen molar-refractivity contribution in [3.8, 4) is 5.75 Å². The van der Waals surface area contributed by atoms with Gasteiger partial charge in [0.1, 0.15) is 5.75 Å². The molecule has 0 aliphatic carbocycles. The van der Waals surface area contributed by atoms with E-state index in [1.807, 2.05) is 37.3 Å². The van der Waals surface area contributed by atoms with Crippen molar-refractivity contribution in [2.45, 2.75) is 26.3 Å². The molecule has 0 saturated heterocycles. The summed E-state index contributed by atoms with van der Waals surface area (Å²) >= 11 is 5.01. The molecule has 0 atom stereocenters. The van der Waals surface area contributed by atoms with Gasteiger partial charge in [-0.25, -0.2) is 0 Å². The molecular formula is C21H24N4O4S. The smallest absolute Gasteiger partial charge is 0.261 e. The summed E-state index contributed by atoms with van der Waals surface area (Å²) in [4.78, 5) is 36.0. The molecular weight excluding hydrogens is 404 g/mol. The standard InChI is InChI=1S/C21H24N4O4S/c1-2-29-17-11-7-6-10-16(17)20(28)23-21(30)25-24-19(27)13-12-18(26)22-14-15-8-4-3-5-9-15/h3-11H,2,12-14H2,1H3,(H,22,26)(H,24,27)(H2,23,25,28,30). The number of ether oxygens (including phenoxy) is 1. The number of thiocarbonyl (C=S) groups is 1. The third-order valence-corrected chi connectivity index (χ3v) is 4.09. The lowest BCUT2D eigenvalue weighted by Gasteiger charge is -2.13. The molecule has 0 saturated carbocycles. The number of hydrogen-bond donors (Lipinski definition) is 4. The van der Waals surface area contributed by atoms with Crippen molar-refractivity contribution in [3.05, 3.63) is 65.7 Å². The average molecular weight is 429 g/mol. The number of hydrogen-bond acceptors (Lipinski definition) is 5. The van der Waals surface area contributed by atoms with Gasteiger partial charge in [-0.15, -0.1) is 0 Å². The number of nitrogens with one attached hydrogen (secondary N) is 4. The zero-order valence-corrected chi connectivity index (χ0v) is 17.4. The highest BCUT2D eigenvalue weighted by Gasteiger charge is 2.14. The summed E-state index contributed by atoms with van der Waals surface area (Å²) in [5.41, 5.74) is 6.10. The van der Waals surface area contributed by atoms with Crippen molar-refractivity contribution in [2.24, 2.45) is 0 Å². The van der Waals surface area contributed by atoms with Gasteiger partial charge in [0.25, 0.3) is 5.91 Å². The van der Waals surface area contributed by atoms with E-state index in [0.29, 0.717) is 24.5 Å². The summed E-state index contributed by atoms with van der Waals surface area (Å²) in [6.45, 7) is 2.64. The van der Waals surface area contributed by atoms with Crippen LogP contribution in [0.5, 0.6) is 5.75 Å². The summed E-state index contributed by atoms with van der Waals surface area (Å²) in [7, 11) is 0. The quantitative estimate of drug-likeness (QED) is 0.377. The molecule has 0 unspecified atom stereocenters. The highest BCUT2D eigenvalue weighted by molar-refractivity contribution is 7.80. The van der Waals surface area contributed by atoms with Crippen LogP contribution < -0.4 is 26.2 Å². The van der Waals surface area contributed by atoms with E-state index in [0.717, 1.165) is 5.56 Å². The van der Waals surface area contributed by atoms with Gasteiger partial charge in [0.2, 0.25) is 11.8 Å². The molecule has 0 heterocycles. The van der Waals surface area contributed by atoms with Crippen LogP contribution in [0.3, 0.4) is 0 Å². The Hall–Kier alpha value is -3.46. The molecule has 3 amide bonds. The van der Waals surface area contributed by atoms with Gasteiger partial charge in [-0.3, -0.25) is 30.6 Å². The average Bonchev–Trinajstić information content (AvgIpc) is 2.76. The Bertz CT molecular complexity index is 890. The Morgan fingerprint density at radius 1 is 0.900 bits per heavy atom. The number of benzene rings is 2. The monoisotopic (exact) mass is 428 g/mol. The predicted octanol–water partition coefficient (Wildman–Crippen LogP) is 1.82. The van der Waals surface area contributed by atoms with Crippen molar-refractivity contribution < 1.29 is 19.1 Å². The summed E-state index contributed by atoms with van der Waals surface area (Å²) in [6.07, 6.45) is -0.00143. The fourth-order valence-electron chi connectivity index (χ4n) is 2.44. The third-order valence-electron chi connectivity index (χ3n) is 3.89. The Morgan fingerprint density at radius 2 is 1.57 bits per heavy atom. The molecule has 0 radical (unpaired) electrons. The highest BCUT2D eigenvalue weighted by atomic mass is 32.1. The number of para-hydroxylation sites is 1. The van der Waals surface area contributed by atoms with Crippen LogP contribution in [0.15, 0.2) is 54.6 Å². The van der Waals surface area contributed by atoms with Crippen molar-refractivity contribution >= 4 is 35.1 Å². The molecule has 2 rings (SSSR count). The van der Waals surface area contributed by atoms with Crippen LogP contribution in [0.2, 0.25) is 0 Å². The maximum Gasteiger partial charge on any atom is 0.261 e. The van der Waals surface area contributed by atoms with Crippen molar-refractivity contribution in [3.63, 3.8) is 0 Å². The van der Waals surface area contributed by atoms with Gasteiger partial charge < -0.3 is 10.1 Å². The summed E-state index contributed by atoms with van der Waals surface area (Å²) in [5.74, 6) is -0.703. The largest absolute Gasteiger partial charge is 0.493 e. The van der Waals surface area contributed by atoms with Gasteiger partial charge in [0, 0.05) is 19.4 Å². The zero-order chi connectivity index (χ0) is 21.8. The van der Waals surface area contributed by atoms with Gasteiger partial charge in [-0.05, 0) is 36.8 Å². The van der Waals surface area contributed by atoms with E-state index < -0.39 is 11.8 Å². The SMILES string of the molecule is CCOc1ccccc1C(=O)NC(=S)NNC(=O)CCC(=O)NCc1ccccc1. The van der Waals surface area contributed by atoms with Crippen LogP contribution in [0.1, 0.15) is 35.7 Å². The minimum atomic E-state index is -0.467. The first-order valence-electron chi connectivity index (χ1n) is 9.42. The first kappa shape index (κ1) is 22.8. The van der Waals surface area contributed by atoms with Crippen LogP contribution in [-0.2, 0) is 16.1 Å². The first-order valence-corrected chi connectivity index (χ1v) is 9.83. The van der Waals surface area contributed by atoms with Crippen LogP contribution in [0, 0.1) is 0 Å². The summed E-state index contributed by atoms with van der Waals surface area (Å²) in [5, 5.41) is 5.13. The number of carbonyl (C=O) groups excluding carboxylic acids is 3. The van der Waals surface area contributed by atoms with Crippen LogP contribution >= 0.6 is 12.2 Å². The van der Waals surface area contributed by atoms with E-state index in [4.69, 9.17) is 17.0 Å². The molecule has 0 aliphatic rings. The number of rotatable bonds is 8. The Labute approximate surface area is 180 Å². The van der Waals surface area contributed by atoms with E-state index in [1.165, 1.54) is 0 Å². The molecule has 4 N–H and O–H groups in total. The lowest BCUT2D eigenvalue weighted by atomic mass is 10.2. The van der Waals surface area contributed by atoms with E-state index in [9.17, 15) is 14.4 Å². The van der Waals surface area contributed by atoms with Crippen LogP contribution in [-0.4, -0.2) is 29.4 Å². The van der Waals surface area contributed by atoms with Crippen molar-refractivity contribution in [1.82, 2.24) is 21.5 Å². The molecule has 0 bridgehead atoms. The van der Waals surface area contributed by atoms with Crippen LogP contribution in [0.4, 0.5) is 0 Å². The fourth-order valence-corrected chi connectivity index (χ4v) is 2.58. The molecule has 2 aromatic rings. The van der Waals surface area contributed by atoms with E-state index in [-0.39, 0.29) is 23.9 Å².